The Bertz CT molecular complexity index is 733. The number of pyridine rings is 1. The van der Waals surface area contributed by atoms with Crippen molar-refractivity contribution in [3.05, 3.63) is 51.6 Å². The van der Waals surface area contributed by atoms with Gasteiger partial charge in [0.2, 0.25) is 5.88 Å². The summed E-state index contributed by atoms with van der Waals surface area (Å²) in [5.74, 6) is 1.49. The second-order valence-corrected chi connectivity index (χ2v) is 6.60. The summed E-state index contributed by atoms with van der Waals surface area (Å²) in [5.41, 5.74) is 4.44. The zero-order chi connectivity index (χ0) is 16.4. The fourth-order valence-electron chi connectivity index (χ4n) is 2.74. The van der Waals surface area contributed by atoms with Crippen LogP contribution in [-0.4, -0.2) is 24.0 Å². The minimum Gasteiger partial charge on any atom is -0.473 e. The maximum absolute atomic E-state index is 6.13. The topological polar surface area (TPSA) is 46.5 Å². The number of amidine groups is 1. The van der Waals surface area contributed by atoms with E-state index in [9.17, 15) is 0 Å². The van der Waals surface area contributed by atoms with Crippen LogP contribution in [0.15, 0.2) is 39.8 Å². The molecule has 1 aliphatic carbocycles. The average molecular weight is 374 g/mol. The molecule has 0 amide bonds. The number of ether oxygens (including phenoxy) is 1. The fourth-order valence-corrected chi connectivity index (χ4v) is 3.14. The van der Waals surface area contributed by atoms with Crippen molar-refractivity contribution in [3.8, 4) is 5.88 Å². The van der Waals surface area contributed by atoms with Crippen LogP contribution in [0.4, 0.5) is 5.69 Å². The van der Waals surface area contributed by atoms with Gasteiger partial charge in [0.1, 0.15) is 6.10 Å². The summed E-state index contributed by atoms with van der Waals surface area (Å²) in [6.07, 6.45) is 2.01. The fraction of sp³-hybridized carbons (Fsp3) is 0.333. The van der Waals surface area contributed by atoms with Gasteiger partial charge in [-0.25, -0.2) is 9.98 Å². The van der Waals surface area contributed by atoms with Gasteiger partial charge in [-0.1, -0.05) is 24.3 Å². The highest BCUT2D eigenvalue weighted by atomic mass is 79.9. The number of halogens is 1. The van der Waals surface area contributed by atoms with Gasteiger partial charge in [0.15, 0.2) is 0 Å². The molecule has 23 heavy (non-hydrogen) atoms. The Morgan fingerprint density at radius 1 is 1.30 bits per heavy atom. The number of fused-ring (bicyclic) bond motifs is 1. The minimum atomic E-state index is 0.143. The molecule has 1 heterocycles. The van der Waals surface area contributed by atoms with Crippen molar-refractivity contribution < 1.29 is 4.74 Å². The number of aliphatic imine (C=N–C) groups is 1. The predicted octanol–water partition coefficient (Wildman–Crippen LogP) is 3.97. The van der Waals surface area contributed by atoms with E-state index in [4.69, 9.17) is 4.74 Å². The molecule has 0 saturated carbocycles. The predicted molar refractivity (Wildman–Crippen MR) is 96.8 cm³/mol. The van der Waals surface area contributed by atoms with Crippen LogP contribution in [0.5, 0.6) is 5.88 Å². The Morgan fingerprint density at radius 3 is 2.57 bits per heavy atom. The van der Waals surface area contributed by atoms with Gasteiger partial charge in [-0.2, -0.15) is 0 Å². The smallest absolute Gasteiger partial charge is 0.228 e. The third kappa shape index (κ3) is 3.55. The normalized spacial score (nSPS) is 14.7. The minimum absolute atomic E-state index is 0.143. The van der Waals surface area contributed by atoms with Crippen molar-refractivity contribution in [2.45, 2.75) is 32.8 Å². The standard InChI is InChI=1S/C18H20BrN3O/c1-11-17(22-12(2)20-3)10-16(19)18(21-11)23-15-8-13-6-4-5-7-14(13)9-15/h4-7,10,15H,8-9H2,1-3H3,(H,20,22). The number of hydrogen-bond acceptors (Lipinski definition) is 3. The SMILES string of the molecule is CNC(C)=Nc1cc(Br)c(OC2Cc3ccccc3C2)nc1C. The highest BCUT2D eigenvalue weighted by molar-refractivity contribution is 9.10. The summed E-state index contributed by atoms with van der Waals surface area (Å²) < 4.78 is 6.97. The molecular formula is C18H20BrN3O. The molecule has 0 fully saturated rings. The van der Waals surface area contributed by atoms with E-state index in [0.717, 1.165) is 34.5 Å². The van der Waals surface area contributed by atoms with Crippen LogP contribution >= 0.6 is 15.9 Å². The van der Waals surface area contributed by atoms with Crippen LogP contribution in [0.2, 0.25) is 0 Å². The summed E-state index contributed by atoms with van der Waals surface area (Å²) >= 11 is 3.56. The van der Waals surface area contributed by atoms with Crippen molar-refractivity contribution >= 4 is 27.5 Å². The van der Waals surface area contributed by atoms with E-state index in [0.29, 0.717) is 5.88 Å². The lowest BCUT2D eigenvalue weighted by Crippen LogP contribution is -2.17. The first kappa shape index (κ1) is 16.0. The van der Waals surface area contributed by atoms with Crippen molar-refractivity contribution in [3.63, 3.8) is 0 Å². The maximum Gasteiger partial charge on any atom is 0.228 e. The van der Waals surface area contributed by atoms with E-state index in [1.54, 1.807) is 0 Å². The van der Waals surface area contributed by atoms with Crippen LogP contribution in [0.1, 0.15) is 23.7 Å². The molecule has 1 aromatic heterocycles. The van der Waals surface area contributed by atoms with Gasteiger partial charge in [0.05, 0.1) is 21.7 Å². The zero-order valence-corrected chi connectivity index (χ0v) is 15.1. The van der Waals surface area contributed by atoms with Gasteiger partial charge in [0.25, 0.3) is 0 Å². The van der Waals surface area contributed by atoms with Gasteiger partial charge in [0, 0.05) is 19.9 Å². The van der Waals surface area contributed by atoms with Crippen LogP contribution < -0.4 is 10.1 Å². The summed E-state index contributed by atoms with van der Waals surface area (Å²) in [7, 11) is 1.85. The molecule has 0 bridgehead atoms. The quantitative estimate of drug-likeness (QED) is 0.653. The molecule has 1 aliphatic rings. The summed E-state index contributed by atoms with van der Waals surface area (Å²) in [4.78, 5) is 9.08. The molecule has 0 unspecified atom stereocenters. The number of rotatable bonds is 3. The van der Waals surface area contributed by atoms with Crippen LogP contribution in [0.3, 0.4) is 0 Å². The lowest BCUT2D eigenvalue weighted by Gasteiger charge is -2.15. The number of nitrogens with zero attached hydrogens (tertiary/aromatic N) is 2. The first-order chi connectivity index (χ1) is 11.1. The van der Waals surface area contributed by atoms with Crippen LogP contribution in [0, 0.1) is 6.92 Å². The van der Waals surface area contributed by atoms with Gasteiger partial charge < -0.3 is 10.1 Å². The Labute approximate surface area is 145 Å². The number of aromatic nitrogens is 1. The first-order valence-corrected chi connectivity index (χ1v) is 8.49. The summed E-state index contributed by atoms with van der Waals surface area (Å²) in [5, 5.41) is 3.02. The van der Waals surface area contributed by atoms with Crippen molar-refractivity contribution in [1.82, 2.24) is 10.3 Å². The highest BCUT2D eigenvalue weighted by Crippen LogP contribution is 2.32. The number of benzene rings is 1. The second-order valence-electron chi connectivity index (χ2n) is 5.74. The third-order valence-corrected chi connectivity index (χ3v) is 4.62. The van der Waals surface area contributed by atoms with Crippen molar-refractivity contribution in [2.75, 3.05) is 7.05 Å². The number of aryl methyl sites for hydroxylation is 1. The van der Waals surface area contributed by atoms with Gasteiger partial charge >= 0.3 is 0 Å². The molecule has 0 radical (unpaired) electrons. The molecule has 1 aromatic carbocycles. The zero-order valence-electron chi connectivity index (χ0n) is 13.6. The lowest BCUT2D eigenvalue weighted by molar-refractivity contribution is 0.203. The molecule has 1 N–H and O–H groups in total. The van der Waals surface area contributed by atoms with E-state index in [1.165, 1.54) is 11.1 Å². The number of hydrogen-bond donors (Lipinski definition) is 1. The number of nitrogens with one attached hydrogen (secondary N) is 1. The Hall–Kier alpha value is -1.88. The Balaban J connectivity index is 1.78. The Kier molecular flexibility index (Phi) is 4.66. The van der Waals surface area contributed by atoms with Crippen LogP contribution in [0.25, 0.3) is 0 Å². The van der Waals surface area contributed by atoms with E-state index in [2.05, 4.69) is 55.5 Å². The molecule has 0 atom stereocenters. The molecule has 0 aliphatic heterocycles. The third-order valence-electron chi connectivity index (χ3n) is 4.05. The van der Waals surface area contributed by atoms with E-state index < -0.39 is 0 Å². The molecule has 0 spiro atoms. The molecule has 4 nitrogen and oxygen atoms in total. The molecule has 5 heteroatoms. The first-order valence-electron chi connectivity index (χ1n) is 7.70. The average Bonchev–Trinajstić information content (AvgIpc) is 2.94. The van der Waals surface area contributed by atoms with Gasteiger partial charge in [-0.3, -0.25) is 0 Å². The molecule has 120 valence electrons. The second kappa shape index (κ2) is 6.71. The molecular weight excluding hydrogens is 354 g/mol. The molecule has 3 rings (SSSR count). The largest absolute Gasteiger partial charge is 0.473 e. The van der Waals surface area contributed by atoms with Gasteiger partial charge in [-0.15, -0.1) is 0 Å². The molecule has 0 saturated heterocycles. The highest BCUT2D eigenvalue weighted by Gasteiger charge is 2.24. The molecule has 2 aromatic rings. The lowest BCUT2D eigenvalue weighted by atomic mass is 10.1. The van der Waals surface area contributed by atoms with Crippen LogP contribution in [-0.2, 0) is 12.8 Å². The maximum atomic E-state index is 6.13. The Morgan fingerprint density at radius 2 is 1.96 bits per heavy atom. The van der Waals surface area contributed by atoms with E-state index in [1.807, 2.05) is 27.0 Å². The summed E-state index contributed by atoms with van der Waals surface area (Å²) in [6, 6.07) is 10.5. The van der Waals surface area contributed by atoms with Crippen molar-refractivity contribution in [1.29, 1.82) is 0 Å². The van der Waals surface area contributed by atoms with Gasteiger partial charge in [-0.05, 0) is 47.0 Å². The van der Waals surface area contributed by atoms with E-state index in [-0.39, 0.29) is 6.10 Å². The van der Waals surface area contributed by atoms with E-state index >= 15 is 0 Å². The summed E-state index contributed by atoms with van der Waals surface area (Å²) in [6.45, 7) is 3.87. The monoisotopic (exact) mass is 373 g/mol. The van der Waals surface area contributed by atoms with Crippen molar-refractivity contribution in [2.24, 2.45) is 4.99 Å².